The molecule has 0 radical (unpaired) electrons. The Morgan fingerprint density at radius 1 is 1.50 bits per heavy atom. The van der Waals surface area contributed by atoms with E-state index in [-0.39, 0.29) is 24.8 Å². The van der Waals surface area contributed by atoms with Crippen LogP contribution in [-0.2, 0) is 7.05 Å². The van der Waals surface area contributed by atoms with Gasteiger partial charge in [-0.25, -0.2) is 0 Å². The minimum atomic E-state index is 0. The van der Waals surface area contributed by atoms with Gasteiger partial charge in [0, 0.05) is 13.1 Å². The molecule has 1 heterocycles. The van der Waals surface area contributed by atoms with Gasteiger partial charge in [0.05, 0.1) is 0 Å². The molecule has 72 valence electrons. The molecule has 1 aromatic rings. The molecule has 4 heteroatoms. The van der Waals surface area contributed by atoms with Crippen molar-refractivity contribution in [3.63, 3.8) is 0 Å². The van der Waals surface area contributed by atoms with Crippen LogP contribution in [0.2, 0.25) is 0 Å². The number of hydrogen-bond donors (Lipinski definition) is 0. The molecule has 3 nitrogen and oxygen atoms in total. The topological polar surface area (TPSA) is 25.2 Å². The first-order chi connectivity index (χ1) is 6.19. The van der Waals surface area contributed by atoms with Gasteiger partial charge in [-0.3, -0.25) is 0 Å². The Hall–Kier alpha value is -0.653. The number of aromatic nitrogens is 1. The van der Waals surface area contributed by atoms with E-state index in [1.807, 2.05) is 27.1 Å². The van der Waals surface area contributed by atoms with Crippen molar-refractivity contribution < 1.29 is 23.7 Å². The van der Waals surface area contributed by atoms with Crippen LogP contribution in [0.25, 0.3) is 0 Å². The third-order valence-corrected chi connectivity index (χ3v) is 2.04. The molecule has 0 fully saturated rings. The van der Waals surface area contributed by atoms with Gasteiger partial charge in [0.1, 0.15) is 0 Å². The zero-order valence-electron chi connectivity index (χ0n) is 9.37. The fourth-order valence-electron chi connectivity index (χ4n) is 1.25. The van der Waals surface area contributed by atoms with Crippen LogP contribution >= 0.6 is 0 Å². The number of amides is 1. The smallest absolute Gasteiger partial charge is 0.442 e. The van der Waals surface area contributed by atoms with Crippen molar-refractivity contribution in [3.05, 3.63) is 24.0 Å². The first kappa shape index (κ1) is 13.3. The van der Waals surface area contributed by atoms with E-state index in [1.54, 1.807) is 15.5 Å². The van der Waals surface area contributed by atoms with Crippen molar-refractivity contribution in [1.82, 2.24) is 9.47 Å². The summed E-state index contributed by atoms with van der Waals surface area (Å²) in [5.74, 6) is 0.0607. The average Bonchev–Trinajstić information content (AvgIpc) is 2.54. The van der Waals surface area contributed by atoms with Gasteiger partial charge >= 0.3 is 18.9 Å². The molecule has 0 aliphatic carbocycles. The summed E-state index contributed by atoms with van der Waals surface area (Å²) in [6, 6.07) is 1.79. The Labute approximate surface area is 97.3 Å². The van der Waals surface area contributed by atoms with Gasteiger partial charge in [-0.05, 0) is 20.9 Å². The van der Waals surface area contributed by atoms with Crippen molar-refractivity contribution in [1.29, 1.82) is 0 Å². The molecule has 1 aromatic heterocycles. The second-order valence-electron chi connectivity index (χ2n) is 2.93. The average molecular weight is 186 g/mol. The van der Waals surface area contributed by atoms with Gasteiger partial charge in [-0.15, -0.1) is 6.20 Å². The van der Waals surface area contributed by atoms with Gasteiger partial charge < -0.3 is 14.3 Å². The summed E-state index contributed by atoms with van der Waals surface area (Å²) in [6.45, 7) is 5.45. The Balaban J connectivity index is 0.00000169. The molecule has 0 N–H and O–H groups in total. The Kier molecular flexibility index (Phi) is 5.67. The fourth-order valence-corrected chi connectivity index (χ4v) is 1.25. The van der Waals surface area contributed by atoms with Crippen LogP contribution < -0.4 is 18.9 Å². The molecule has 14 heavy (non-hydrogen) atoms. The van der Waals surface area contributed by atoms with Crippen LogP contribution in [0.4, 0.5) is 0 Å². The molecule has 0 bridgehead atoms. The van der Waals surface area contributed by atoms with Crippen molar-refractivity contribution in [3.8, 4) is 0 Å². The molecule has 1 amide bonds. The molecular formula is C10H15LiN2O. The summed E-state index contributed by atoms with van der Waals surface area (Å²) in [7, 11) is 1.86. The molecule has 0 saturated carbocycles. The third kappa shape index (κ3) is 2.93. The molecule has 0 aliphatic rings. The summed E-state index contributed by atoms with van der Waals surface area (Å²) >= 11 is 0. The van der Waals surface area contributed by atoms with E-state index in [0.717, 1.165) is 13.1 Å². The van der Waals surface area contributed by atoms with E-state index in [1.165, 1.54) is 0 Å². The van der Waals surface area contributed by atoms with E-state index < -0.39 is 0 Å². The molecule has 0 atom stereocenters. The number of carbonyl (C=O) groups excluding carboxylic acids is 1. The van der Waals surface area contributed by atoms with E-state index >= 15 is 0 Å². The summed E-state index contributed by atoms with van der Waals surface area (Å²) in [5, 5.41) is 0. The summed E-state index contributed by atoms with van der Waals surface area (Å²) < 4.78 is 1.76. The predicted octanol–water partition coefficient (Wildman–Crippen LogP) is -1.69. The number of rotatable bonds is 3. The van der Waals surface area contributed by atoms with Gasteiger partial charge in [-0.2, -0.15) is 6.07 Å². The molecule has 0 spiro atoms. The largest absolute Gasteiger partial charge is 1.00 e. The SMILES string of the molecule is CCN(CC)C(=O)c1[c-]n(C)cc1.[Li+]. The van der Waals surface area contributed by atoms with Crippen LogP contribution in [-0.4, -0.2) is 28.5 Å². The van der Waals surface area contributed by atoms with Crippen molar-refractivity contribution >= 4 is 5.91 Å². The van der Waals surface area contributed by atoms with Crippen molar-refractivity contribution in [2.45, 2.75) is 13.8 Å². The van der Waals surface area contributed by atoms with Crippen LogP contribution in [0.5, 0.6) is 0 Å². The van der Waals surface area contributed by atoms with Crippen molar-refractivity contribution in [2.75, 3.05) is 13.1 Å². The second kappa shape index (κ2) is 5.95. The molecule has 1 rings (SSSR count). The number of hydrogen-bond acceptors (Lipinski definition) is 1. The number of nitrogens with zero attached hydrogens (tertiary/aromatic N) is 2. The molecule has 0 saturated heterocycles. The van der Waals surface area contributed by atoms with E-state index in [4.69, 9.17) is 0 Å². The van der Waals surface area contributed by atoms with E-state index in [9.17, 15) is 4.79 Å². The van der Waals surface area contributed by atoms with Crippen LogP contribution in [0.1, 0.15) is 24.2 Å². The van der Waals surface area contributed by atoms with E-state index in [0.29, 0.717) is 5.56 Å². The summed E-state index contributed by atoms with van der Waals surface area (Å²) in [6.07, 6.45) is 4.78. The minimum Gasteiger partial charge on any atom is -0.442 e. The van der Waals surface area contributed by atoms with E-state index in [2.05, 4.69) is 6.20 Å². The van der Waals surface area contributed by atoms with Crippen LogP contribution in [0.3, 0.4) is 0 Å². The predicted molar refractivity (Wildman–Crippen MR) is 51.5 cm³/mol. The van der Waals surface area contributed by atoms with Crippen molar-refractivity contribution in [2.24, 2.45) is 7.05 Å². The van der Waals surface area contributed by atoms with Crippen LogP contribution in [0.15, 0.2) is 12.3 Å². The zero-order chi connectivity index (χ0) is 9.84. The minimum absolute atomic E-state index is 0. The Bertz CT molecular complexity index is 292. The molecular weight excluding hydrogens is 171 g/mol. The van der Waals surface area contributed by atoms with Gasteiger partial charge in [-0.1, -0.05) is 11.8 Å². The summed E-state index contributed by atoms with van der Waals surface area (Å²) in [4.78, 5) is 13.5. The Morgan fingerprint density at radius 2 is 2.07 bits per heavy atom. The maximum absolute atomic E-state index is 11.7. The monoisotopic (exact) mass is 186 g/mol. The molecule has 0 aromatic carbocycles. The first-order valence-electron chi connectivity index (χ1n) is 4.53. The maximum atomic E-state index is 11.7. The first-order valence-corrected chi connectivity index (χ1v) is 4.53. The number of carbonyl (C=O) groups is 1. The quantitative estimate of drug-likeness (QED) is 0.408. The zero-order valence-corrected chi connectivity index (χ0v) is 9.37. The fraction of sp³-hybridized carbons (Fsp3) is 0.500. The summed E-state index contributed by atoms with van der Waals surface area (Å²) in [5.41, 5.74) is 0.645. The molecule has 0 aliphatic heterocycles. The third-order valence-electron chi connectivity index (χ3n) is 2.04. The standard InChI is InChI=1S/C10H15N2O.Li/c1-4-12(5-2)10(13)9-6-7-11(3)8-9;/h6-7H,4-5H2,1-3H3;/q-1;+1. The molecule has 0 unspecified atom stereocenters. The number of aryl methyl sites for hydroxylation is 1. The Morgan fingerprint density at radius 3 is 2.43 bits per heavy atom. The van der Waals surface area contributed by atoms with Crippen LogP contribution in [0, 0.1) is 6.20 Å². The van der Waals surface area contributed by atoms with Gasteiger partial charge in [0.2, 0.25) is 0 Å². The normalized spacial score (nSPS) is 9.36. The second-order valence-corrected chi connectivity index (χ2v) is 2.93. The maximum Gasteiger partial charge on any atom is 1.00 e. The van der Waals surface area contributed by atoms with Gasteiger partial charge in [0.15, 0.2) is 5.91 Å². The van der Waals surface area contributed by atoms with Gasteiger partial charge in [0.25, 0.3) is 0 Å².